The standard InChI is InChI=1S/C15H27N3O2/c1-8-20-13(19)11-12(16)18(10(2)17-11)15(6,7)9-14(3,4)5/h8-9,16H2,1-7H3. The molecule has 5 heteroatoms. The zero-order valence-electron chi connectivity index (χ0n) is 13.7. The second-order valence-corrected chi connectivity index (χ2v) is 7.00. The highest BCUT2D eigenvalue weighted by molar-refractivity contribution is 5.92. The molecule has 0 unspecified atom stereocenters. The van der Waals surface area contributed by atoms with E-state index < -0.39 is 5.97 Å². The van der Waals surface area contributed by atoms with E-state index in [-0.39, 0.29) is 16.6 Å². The number of ether oxygens (including phenoxy) is 1. The van der Waals surface area contributed by atoms with Crippen LogP contribution in [-0.2, 0) is 10.3 Å². The number of hydrogen-bond donors (Lipinski definition) is 1. The summed E-state index contributed by atoms with van der Waals surface area (Å²) in [4.78, 5) is 16.2. The van der Waals surface area contributed by atoms with E-state index in [9.17, 15) is 4.79 Å². The number of rotatable bonds is 4. The first kappa shape index (κ1) is 16.5. The zero-order valence-corrected chi connectivity index (χ0v) is 13.7. The van der Waals surface area contributed by atoms with Gasteiger partial charge in [-0.1, -0.05) is 20.8 Å². The van der Waals surface area contributed by atoms with Gasteiger partial charge in [0.1, 0.15) is 11.6 Å². The summed E-state index contributed by atoms with van der Waals surface area (Å²) in [5, 5.41) is 0. The minimum Gasteiger partial charge on any atom is -0.461 e. The third-order valence-corrected chi connectivity index (χ3v) is 3.12. The molecule has 0 aliphatic heterocycles. The Morgan fingerprint density at radius 2 is 1.85 bits per heavy atom. The third-order valence-electron chi connectivity index (χ3n) is 3.12. The molecular weight excluding hydrogens is 254 g/mol. The molecule has 0 spiro atoms. The minimum absolute atomic E-state index is 0.150. The number of nitrogen functional groups attached to an aromatic ring is 1. The Hall–Kier alpha value is -1.52. The summed E-state index contributed by atoms with van der Waals surface area (Å²) in [7, 11) is 0. The van der Waals surface area contributed by atoms with Crippen molar-refractivity contribution in [3.8, 4) is 0 Å². The fraction of sp³-hybridized carbons (Fsp3) is 0.733. The van der Waals surface area contributed by atoms with E-state index in [0.29, 0.717) is 12.4 Å². The number of esters is 1. The Bertz CT molecular complexity index is 496. The van der Waals surface area contributed by atoms with Crippen LogP contribution in [0, 0.1) is 12.3 Å². The van der Waals surface area contributed by atoms with Crippen LogP contribution in [0.1, 0.15) is 64.3 Å². The molecule has 2 N–H and O–H groups in total. The highest BCUT2D eigenvalue weighted by Crippen LogP contribution is 2.35. The average Bonchev–Trinajstić information content (AvgIpc) is 2.51. The molecule has 1 heterocycles. The first-order valence-corrected chi connectivity index (χ1v) is 7.02. The molecule has 0 aliphatic carbocycles. The van der Waals surface area contributed by atoms with E-state index in [1.54, 1.807) is 6.92 Å². The lowest BCUT2D eigenvalue weighted by molar-refractivity contribution is 0.0521. The molecule has 0 bridgehead atoms. The normalized spacial score (nSPS) is 12.6. The predicted molar refractivity (Wildman–Crippen MR) is 80.7 cm³/mol. The highest BCUT2D eigenvalue weighted by Gasteiger charge is 2.32. The molecule has 114 valence electrons. The van der Waals surface area contributed by atoms with Crippen molar-refractivity contribution in [2.75, 3.05) is 12.3 Å². The number of nitrogens with two attached hydrogens (primary N) is 1. The summed E-state index contributed by atoms with van der Waals surface area (Å²) < 4.78 is 6.93. The Labute approximate surface area is 121 Å². The average molecular weight is 281 g/mol. The lowest BCUT2D eigenvalue weighted by Crippen LogP contribution is -2.33. The second-order valence-electron chi connectivity index (χ2n) is 7.00. The summed E-state index contributed by atoms with van der Waals surface area (Å²) in [5.74, 6) is 0.661. The molecule has 0 amide bonds. The Kier molecular flexibility index (Phi) is 4.52. The van der Waals surface area contributed by atoms with Crippen LogP contribution in [-0.4, -0.2) is 22.1 Å². The fourth-order valence-corrected chi connectivity index (χ4v) is 3.04. The number of carbonyl (C=O) groups excluding carboxylic acids is 1. The monoisotopic (exact) mass is 281 g/mol. The maximum absolute atomic E-state index is 11.9. The molecule has 0 atom stereocenters. The summed E-state index contributed by atoms with van der Waals surface area (Å²) >= 11 is 0. The molecule has 20 heavy (non-hydrogen) atoms. The van der Waals surface area contributed by atoms with E-state index in [0.717, 1.165) is 12.2 Å². The molecule has 1 rings (SSSR count). The number of imidazole rings is 1. The SMILES string of the molecule is CCOC(=O)c1nc(C)n(C(C)(C)CC(C)(C)C)c1N. The summed E-state index contributed by atoms with van der Waals surface area (Å²) in [6.07, 6.45) is 0.920. The molecule has 0 aromatic carbocycles. The van der Waals surface area contributed by atoms with Crippen LogP contribution in [0.5, 0.6) is 0 Å². The van der Waals surface area contributed by atoms with Crippen LogP contribution in [0.2, 0.25) is 0 Å². The van der Waals surface area contributed by atoms with Gasteiger partial charge in [0.05, 0.1) is 6.61 Å². The second kappa shape index (κ2) is 5.46. The molecule has 0 radical (unpaired) electrons. The van der Waals surface area contributed by atoms with Crippen LogP contribution in [0.15, 0.2) is 0 Å². The van der Waals surface area contributed by atoms with Gasteiger partial charge < -0.3 is 15.0 Å². The van der Waals surface area contributed by atoms with Gasteiger partial charge in [0.2, 0.25) is 0 Å². The van der Waals surface area contributed by atoms with Gasteiger partial charge in [0.25, 0.3) is 0 Å². The maximum atomic E-state index is 11.9. The Balaban J connectivity index is 3.23. The Morgan fingerprint density at radius 3 is 2.30 bits per heavy atom. The lowest BCUT2D eigenvalue weighted by atomic mass is 9.81. The van der Waals surface area contributed by atoms with Crippen molar-refractivity contribution < 1.29 is 9.53 Å². The molecule has 0 fully saturated rings. The van der Waals surface area contributed by atoms with E-state index >= 15 is 0 Å². The number of anilines is 1. The van der Waals surface area contributed by atoms with Crippen LogP contribution in [0.3, 0.4) is 0 Å². The van der Waals surface area contributed by atoms with Crippen molar-refractivity contribution >= 4 is 11.8 Å². The third kappa shape index (κ3) is 3.52. The number of aryl methyl sites for hydroxylation is 1. The molecule has 1 aromatic rings. The van der Waals surface area contributed by atoms with Crippen LogP contribution in [0.4, 0.5) is 5.82 Å². The summed E-state index contributed by atoms with van der Waals surface area (Å²) in [6.45, 7) is 14.7. The molecule has 1 aromatic heterocycles. The van der Waals surface area contributed by atoms with Crippen molar-refractivity contribution in [1.29, 1.82) is 0 Å². The van der Waals surface area contributed by atoms with E-state index in [4.69, 9.17) is 10.5 Å². The fourth-order valence-electron chi connectivity index (χ4n) is 3.04. The van der Waals surface area contributed by atoms with Crippen LogP contribution >= 0.6 is 0 Å². The quantitative estimate of drug-likeness (QED) is 0.861. The lowest BCUT2D eigenvalue weighted by Gasteiger charge is -2.35. The molecule has 0 saturated heterocycles. The van der Waals surface area contributed by atoms with Gasteiger partial charge in [-0.25, -0.2) is 9.78 Å². The van der Waals surface area contributed by atoms with Crippen molar-refractivity contribution in [2.45, 2.75) is 60.4 Å². The van der Waals surface area contributed by atoms with Gasteiger partial charge in [-0.15, -0.1) is 0 Å². The summed E-state index contributed by atoms with van der Waals surface area (Å²) in [6, 6.07) is 0. The number of carbonyl (C=O) groups is 1. The first-order chi connectivity index (χ1) is 8.99. The zero-order chi connectivity index (χ0) is 15.7. The van der Waals surface area contributed by atoms with E-state index in [1.165, 1.54) is 0 Å². The topological polar surface area (TPSA) is 70.1 Å². The maximum Gasteiger partial charge on any atom is 0.360 e. The molecule has 0 saturated carbocycles. The van der Waals surface area contributed by atoms with Gasteiger partial charge >= 0.3 is 5.97 Å². The van der Waals surface area contributed by atoms with Crippen molar-refractivity contribution in [2.24, 2.45) is 5.41 Å². The number of hydrogen-bond acceptors (Lipinski definition) is 4. The number of aromatic nitrogens is 2. The minimum atomic E-state index is -0.460. The van der Waals surface area contributed by atoms with Gasteiger partial charge in [-0.3, -0.25) is 0 Å². The smallest absolute Gasteiger partial charge is 0.360 e. The van der Waals surface area contributed by atoms with Crippen molar-refractivity contribution in [3.05, 3.63) is 11.5 Å². The van der Waals surface area contributed by atoms with Crippen LogP contribution < -0.4 is 5.73 Å². The van der Waals surface area contributed by atoms with Crippen molar-refractivity contribution in [3.63, 3.8) is 0 Å². The summed E-state index contributed by atoms with van der Waals surface area (Å²) in [5.41, 5.74) is 6.29. The molecule has 5 nitrogen and oxygen atoms in total. The largest absolute Gasteiger partial charge is 0.461 e. The Morgan fingerprint density at radius 1 is 1.30 bits per heavy atom. The molecular formula is C15H27N3O2. The molecule has 0 aliphatic rings. The van der Waals surface area contributed by atoms with Gasteiger partial charge in [-0.05, 0) is 39.5 Å². The predicted octanol–water partition coefficient (Wildman–Crippen LogP) is 3.12. The van der Waals surface area contributed by atoms with Gasteiger partial charge in [-0.2, -0.15) is 0 Å². The van der Waals surface area contributed by atoms with Crippen LogP contribution in [0.25, 0.3) is 0 Å². The van der Waals surface area contributed by atoms with E-state index in [2.05, 4.69) is 39.6 Å². The first-order valence-electron chi connectivity index (χ1n) is 7.02. The van der Waals surface area contributed by atoms with Gasteiger partial charge in [0, 0.05) is 5.54 Å². The van der Waals surface area contributed by atoms with Crippen molar-refractivity contribution in [1.82, 2.24) is 9.55 Å². The highest BCUT2D eigenvalue weighted by atomic mass is 16.5. The number of nitrogens with zero attached hydrogens (tertiary/aromatic N) is 2. The van der Waals surface area contributed by atoms with E-state index in [1.807, 2.05) is 11.5 Å². The van der Waals surface area contributed by atoms with Gasteiger partial charge in [0.15, 0.2) is 5.69 Å².